The van der Waals surface area contributed by atoms with Gasteiger partial charge in [-0.3, -0.25) is 0 Å². The summed E-state index contributed by atoms with van der Waals surface area (Å²) in [5.41, 5.74) is 5.51. The van der Waals surface area contributed by atoms with E-state index in [9.17, 15) is 0 Å². The molecular formula is C19H23NO. The van der Waals surface area contributed by atoms with Crippen LogP contribution in [0.25, 0.3) is 0 Å². The average Bonchev–Trinajstić information content (AvgIpc) is 3.00. The molecule has 0 fully saturated rings. The van der Waals surface area contributed by atoms with Crippen molar-refractivity contribution in [3.05, 3.63) is 64.7 Å². The van der Waals surface area contributed by atoms with Crippen LogP contribution < -0.4 is 10.1 Å². The van der Waals surface area contributed by atoms with Gasteiger partial charge < -0.3 is 10.1 Å². The first kappa shape index (κ1) is 14.2. The third kappa shape index (κ3) is 3.11. The van der Waals surface area contributed by atoms with Gasteiger partial charge in [0.25, 0.3) is 0 Å². The zero-order valence-corrected chi connectivity index (χ0v) is 12.9. The van der Waals surface area contributed by atoms with Crippen molar-refractivity contribution in [1.82, 2.24) is 5.32 Å². The Kier molecular flexibility index (Phi) is 4.26. The number of benzene rings is 2. The van der Waals surface area contributed by atoms with Crippen molar-refractivity contribution in [2.45, 2.75) is 39.3 Å². The normalized spacial score (nSPS) is 14.6. The zero-order valence-electron chi connectivity index (χ0n) is 12.9. The molecule has 2 aromatic carbocycles. The second-order valence-electron chi connectivity index (χ2n) is 5.69. The quantitative estimate of drug-likeness (QED) is 0.893. The topological polar surface area (TPSA) is 21.3 Å². The molecule has 0 saturated heterocycles. The molecule has 3 rings (SSSR count). The minimum atomic E-state index is 0.348. The maximum Gasteiger partial charge on any atom is 0.122 e. The first-order chi connectivity index (χ1) is 10.3. The Labute approximate surface area is 127 Å². The summed E-state index contributed by atoms with van der Waals surface area (Å²) in [7, 11) is 0. The van der Waals surface area contributed by atoms with E-state index in [1.807, 2.05) is 0 Å². The molecule has 2 nitrogen and oxygen atoms in total. The molecule has 0 bridgehead atoms. The fourth-order valence-electron chi connectivity index (χ4n) is 2.93. The molecule has 0 radical (unpaired) electrons. The van der Waals surface area contributed by atoms with Crippen molar-refractivity contribution in [1.29, 1.82) is 0 Å². The molecular weight excluding hydrogens is 258 g/mol. The van der Waals surface area contributed by atoms with Gasteiger partial charge in [0.15, 0.2) is 0 Å². The van der Waals surface area contributed by atoms with Crippen molar-refractivity contribution in [2.24, 2.45) is 0 Å². The Morgan fingerprint density at radius 2 is 1.95 bits per heavy atom. The van der Waals surface area contributed by atoms with E-state index >= 15 is 0 Å². The highest BCUT2D eigenvalue weighted by atomic mass is 16.5. The summed E-state index contributed by atoms with van der Waals surface area (Å²) in [5.74, 6) is 1.06. The zero-order chi connectivity index (χ0) is 14.7. The fraction of sp³-hybridized carbons (Fsp3) is 0.368. The van der Waals surface area contributed by atoms with Gasteiger partial charge in [-0.25, -0.2) is 0 Å². The van der Waals surface area contributed by atoms with Crippen molar-refractivity contribution in [2.75, 3.05) is 6.61 Å². The monoisotopic (exact) mass is 281 g/mol. The van der Waals surface area contributed by atoms with Crippen LogP contribution in [0.15, 0.2) is 42.5 Å². The lowest BCUT2D eigenvalue weighted by Crippen LogP contribution is -2.19. The summed E-state index contributed by atoms with van der Waals surface area (Å²) in [6.45, 7) is 6.18. The van der Waals surface area contributed by atoms with Crippen LogP contribution in [-0.4, -0.2) is 6.61 Å². The minimum absolute atomic E-state index is 0.348. The Hall–Kier alpha value is -1.80. The number of rotatable bonds is 5. The molecule has 0 aliphatic carbocycles. The fourth-order valence-corrected chi connectivity index (χ4v) is 2.93. The molecule has 2 aromatic rings. The summed E-state index contributed by atoms with van der Waals surface area (Å²) in [6.07, 6.45) is 2.12. The predicted molar refractivity (Wildman–Crippen MR) is 86.7 cm³/mol. The highest BCUT2D eigenvalue weighted by Gasteiger charge is 2.14. The van der Waals surface area contributed by atoms with Gasteiger partial charge in [0.1, 0.15) is 5.75 Å². The minimum Gasteiger partial charge on any atom is -0.493 e. The maximum atomic E-state index is 5.57. The van der Waals surface area contributed by atoms with Crippen LogP contribution in [0.5, 0.6) is 5.75 Å². The van der Waals surface area contributed by atoms with E-state index in [2.05, 4.69) is 61.6 Å². The first-order valence-electron chi connectivity index (χ1n) is 7.83. The third-order valence-electron chi connectivity index (χ3n) is 4.31. The molecule has 1 aliphatic rings. The van der Waals surface area contributed by atoms with Gasteiger partial charge >= 0.3 is 0 Å². The summed E-state index contributed by atoms with van der Waals surface area (Å²) in [6, 6.07) is 15.6. The van der Waals surface area contributed by atoms with E-state index in [1.165, 1.54) is 22.3 Å². The average molecular weight is 281 g/mol. The highest BCUT2D eigenvalue weighted by Crippen LogP contribution is 2.28. The molecule has 110 valence electrons. The number of ether oxygens (including phenoxy) is 1. The van der Waals surface area contributed by atoms with Gasteiger partial charge in [-0.2, -0.15) is 0 Å². The Bertz CT molecular complexity index is 621. The molecule has 2 heteroatoms. The van der Waals surface area contributed by atoms with Crippen LogP contribution in [-0.2, 0) is 19.4 Å². The molecule has 0 saturated carbocycles. The van der Waals surface area contributed by atoms with Crippen LogP contribution in [0.4, 0.5) is 0 Å². The molecule has 1 atom stereocenters. The molecule has 21 heavy (non-hydrogen) atoms. The molecule has 0 aromatic heterocycles. The van der Waals surface area contributed by atoms with Gasteiger partial charge in [-0.15, -0.1) is 0 Å². The van der Waals surface area contributed by atoms with E-state index in [1.54, 1.807) is 0 Å². The molecule has 1 N–H and O–H groups in total. The van der Waals surface area contributed by atoms with Crippen LogP contribution in [0.3, 0.4) is 0 Å². The van der Waals surface area contributed by atoms with Crippen molar-refractivity contribution in [3.8, 4) is 5.75 Å². The van der Waals surface area contributed by atoms with E-state index in [0.29, 0.717) is 6.04 Å². The van der Waals surface area contributed by atoms with Crippen LogP contribution >= 0.6 is 0 Å². The van der Waals surface area contributed by atoms with Crippen LogP contribution in [0, 0.1) is 0 Å². The third-order valence-corrected chi connectivity index (χ3v) is 4.31. The molecule has 0 amide bonds. The molecule has 1 aliphatic heterocycles. The second-order valence-corrected chi connectivity index (χ2v) is 5.69. The lowest BCUT2D eigenvalue weighted by Gasteiger charge is -2.16. The van der Waals surface area contributed by atoms with Crippen molar-refractivity contribution < 1.29 is 4.74 Å². The van der Waals surface area contributed by atoms with Gasteiger partial charge in [-0.1, -0.05) is 43.3 Å². The first-order valence-corrected chi connectivity index (χ1v) is 7.83. The predicted octanol–water partition coefficient (Wildman–Crippen LogP) is 4.03. The number of aryl methyl sites for hydroxylation is 1. The van der Waals surface area contributed by atoms with Crippen LogP contribution in [0.2, 0.25) is 0 Å². The number of fused-ring (bicyclic) bond motifs is 1. The second kappa shape index (κ2) is 6.31. The van der Waals surface area contributed by atoms with Gasteiger partial charge in [-0.05, 0) is 41.7 Å². The lowest BCUT2D eigenvalue weighted by atomic mass is 10.0. The smallest absolute Gasteiger partial charge is 0.122 e. The van der Waals surface area contributed by atoms with Crippen molar-refractivity contribution in [3.63, 3.8) is 0 Å². The Balaban J connectivity index is 1.67. The standard InChI is InChI=1S/C19H23NO/c1-3-15-6-4-5-7-18(15)13-20-14(2)16-8-9-19-17(12-16)10-11-21-19/h4-9,12,14,20H,3,10-11,13H2,1-2H3. The Morgan fingerprint density at radius 1 is 1.14 bits per heavy atom. The van der Waals surface area contributed by atoms with E-state index in [0.717, 1.165) is 31.7 Å². The SMILES string of the molecule is CCc1ccccc1CNC(C)c1ccc2c(c1)CCO2. The number of hydrogen-bond acceptors (Lipinski definition) is 2. The van der Waals surface area contributed by atoms with E-state index in [4.69, 9.17) is 4.74 Å². The molecule has 1 heterocycles. The van der Waals surface area contributed by atoms with E-state index in [-0.39, 0.29) is 0 Å². The molecule has 1 unspecified atom stereocenters. The summed E-state index contributed by atoms with van der Waals surface area (Å²) in [4.78, 5) is 0. The molecule has 0 spiro atoms. The largest absolute Gasteiger partial charge is 0.493 e. The summed E-state index contributed by atoms with van der Waals surface area (Å²) < 4.78 is 5.57. The number of hydrogen-bond donors (Lipinski definition) is 1. The Morgan fingerprint density at radius 3 is 2.76 bits per heavy atom. The summed E-state index contributed by atoms with van der Waals surface area (Å²) in [5, 5.41) is 3.64. The summed E-state index contributed by atoms with van der Waals surface area (Å²) >= 11 is 0. The van der Waals surface area contributed by atoms with Gasteiger partial charge in [0.05, 0.1) is 6.61 Å². The van der Waals surface area contributed by atoms with Crippen molar-refractivity contribution >= 4 is 0 Å². The number of nitrogens with one attached hydrogen (secondary N) is 1. The van der Waals surface area contributed by atoms with E-state index < -0.39 is 0 Å². The lowest BCUT2D eigenvalue weighted by molar-refractivity contribution is 0.356. The van der Waals surface area contributed by atoms with Crippen LogP contribution in [0.1, 0.15) is 42.1 Å². The van der Waals surface area contributed by atoms with Gasteiger partial charge in [0.2, 0.25) is 0 Å². The van der Waals surface area contributed by atoms with Gasteiger partial charge in [0, 0.05) is 19.0 Å². The maximum absolute atomic E-state index is 5.57. The highest BCUT2D eigenvalue weighted by molar-refractivity contribution is 5.40.